The lowest BCUT2D eigenvalue weighted by Gasteiger charge is -2.34. The Hall–Kier alpha value is -1.50. The van der Waals surface area contributed by atoms with Gasteiger partial charge in [-0.25, -0.2) is 10.9 Å². The number of likely N-dealkylation sites (tertiary alicyclic amines) is 1. The number of aromatic nitrogens is 1. The third-order valence-corrected chi connectivity index (χ3v) is 5.16. The molecule has 3 rings (SSSR count). The molecule has 138 valence electrons. The number of carbonyl (C=O) groups is 1. The Kier molecular flexibility index (Phi) is 6.39. The molecule has 2 aliphatic heterocycles. The highest BCUT2D eigenvalue weighted by Gasteiger charge is 2.30. The highest BCUT2D eigenvalue weighted by Crippen LogP contribution is 2.21. The zero-order valence-corrected chi connectivity index (χ0v) is 15.4. The number of nitrogens with one attached hydrogen (secondary N) is 3. The molecule has 4 atom stereocenters. The highest BCUT2D eigenvalue weighted by molar-refractivity contribution is 5.82. The van der Waals surface area contributed by atoms with Crippen LogP contribution in [0, 0.1) is 11.8 Å². The van der Waals surface area contributed by atoms with Crippen LogP contribution in [0.25, 0.3) is 0 Å². The van der Waals surface area contributed by atoms with Gasteiger partial charge >= 0.3 is 0 Å². The van der Waals surface area contributed by atoms with Crippen molar-refractivity contribution < 1.29 is 4.79 Å². The molecule has 0 radical (unpaired) electrons. The molecule has 25 heavy (non-hydrogen) atoms. The van der Waals surface area contributed by atoms with Crippen LogP contribution in [0.2, 0.25) is 0 Å². The highest BCUT2D eigenvalue weighted by atomic mass is 16.2. The van der Waals surface area contributed by atoms with E-state index < -0.39 is 0 Å². The van der Waals surface area contributed by atoms with E-state index in [1.807, 2.05) is 18.2 Å². The van der Waals surface area contributed by atoms with E-state index in [0.29, 0.717) is 0 Å². The average Bonchev–Trinajstić information content (AvgIpc) is 3.09. The van der Waals surface area contributed by atoms with Gasteiger partial charge in [0, 0.05) is 25.8 Å². The molecule has 2 saturated heterocycles. The van der Waals surface area contributed by atoms with Crippen molar-refractivity contribution in [3.8, 4) is 0 Å². The van der Waals surface area contributed by atoms with Crippen LogP contribution in [0.15, 0.2) is 24.4 Å². The smallest absolute Gasteiger partial charge is 0.238 e. The summed E-state index contributed by atoms with van der Waals surface area (Å²) in [6.45, 7) is 8.87. The molecule has 0 bridgehead atoms. The molecule has 6 nitrogen and oxygen atoms in total. The van der Waals surface area contributed by atoms with Crippen LogP contribution >= 0.6 is 0 Å². The van der Waals surface area contributed by atoms with Gasteiger partial charge in [-0.15, -0.1) is 0 Å². The summed E-state index contributed by atoms with van der Waals surface area (Å²) < 4.78 is 0. The molecule has 0 aliphatic carbocycles. The zero-order chi connectivity index (χ0) is 17.6. The van der Waals surface area contributed by atoms with E-state index in [1.54, 1.807) is 6.20 Å². The van der Waals surface area contributed by atoms with Crippen molar-refractivity contribution in [2.45, 2.75) is 45.2 Å². The molecule has 2 aliphatic rings. The van der Waals surface area contributed by atoms with E-state index in [2.05, 4.69) is 39.9 Å². The minimum absolute atomic E-state index is 0.0753. The summed E-state index contributed by atoms with van der Waals surface area (Å²) in [6.07, 6.45) is 4.86. The maximum atomic E-state index is 12.3. The van der Waals surface area contributed by atoms with E-state index in [1.165, 1.54) is 19.5 Å². The Morgan fingerprint density at radius 3 is 2.76 bits per heavy atom. The number of nitrogens with zero attached hydrogens (tertiary/aromatic N) is 2. The molecule has 0 saturated carbocycles. The summed E-state index contributed by atoms with van der Waals surface area (Å²) in [5, 5.41) is 3.07. The third kappa shape index (κ3) is 5.23. The molecule has 6 heteroatoms. The SMILES string of the molecule is CC1CC(C)CN(CCCNC(=O)C2CC(c3ccccn3)NN2)C1. The number of piperidine rings is 1. The van der Waals surface area contributed by atoms with Gasteiger partial charge in [-0.2, -0.15) is 0 Å². The minimum atomic E-state index is -0.193. The predicted octanol–water partition coefficient (Wildman–Crippen LogP) is 1.47. The molecule has 1 aromatic rings. The molecular weight excluding hydrogens is 314 g/mol. The van der Waals surface area contributed by atoms with Gasteiger partial charge in [0.25, 0.3) is 0 Å². The number of hydrazine groups is 1. The lowest BCUT2D eigenvalue weighted by molar-refractivity contribution is -0.122. The minimum Gasteiger partial charge on any atom is -0.355 e. The number of amides is 1. The largest absolute Gasteiger partial charge is 0.355 e. The summed E-state index contributed by atoms with van der Waals surface area (Å²) in [5.74, 6) is 1.65. The van der Waals surface area contributed by atoms with Crippen LogP contribution in [-0.2, 0) is 4.79 Å². The Balaban J connectivity index is 1.34. The normalized spacial score (nSPS) is 30.3. The first-order chi connectivity index (χ1) is 12.1. The van der Waals surface area contributed by atoms with Crippen LogP contribution in [0.5, 0.6) is 0 Å². The third-order valence-electron chi connectivity index (χ3n) is 5.16. The van der Waals surface area contributed by atoms with Gasteiger partial charge in [-0.1, -0.05) is 19.9 Å². The Labute approximate surface area is 150 Å². The van der Waals surface area contributed by atoms with Crippen molar-refractivity contribution in [3.63, 3.8) is 0 Å². The Bertz CT molecular complexity index is 542. The maximum absolute atomic E-state index is 12.3. The van der Waals surface area contributed by atoms with E-state index >= 15 is 0 Å². The molecule has 0 spiro atoms. The monoisotopic (exact) mass is 345 g/mol. The summed E-state index contributed by atoms with van der Waals surface area (Å²) in [6, 6.07) is 5.76. The van der Waals surface area contributed by atoms with Gasteiger partial charge in [-0.3, -0.25) is 9.78 Å². The van der Waals surface area contributed by atoms with Crippen molar-refractivity contribution in [2.24, 2.45) is 11.8 Å². The summed E-state index contributed by atoms with van der Waals surface area (Å²) in [5.41, 5.74) is 7.24. The second-order valence-corrected chi connectivity index (χ2v) is 7.73. The number of rotatable bonds is 6. The van der Waals surface area contributed by atoms with E-state index in [-0.39, 0.29) is 18.0 Å². The number of hydrogen-bond acceptors (Lipinski definition) is 5. The number of carbonyl (C=O) groups excluding carboxylic acids is 1. The fourth-order valence-corrected chi connectivity index (χ4v) is 4.12. The molecule has 1 amide bonds. The fraction of sp³-hybridized carbons (Fsp3) is 0.684. The average molecular weight is 345 g/mol. The van der Waals surface area contributed by atoms with Crippen molar-refractivity contribution in [1.29, 1.82) is 0 Å². The molecule has 0 aromatic carbocycles. The lowest BCUT2D eigenvalue weighted by atomic mass is 9.92. The van der Waals surface area contributed by atoms with Crippen molar-refractivity contribution in [3.05, 3.63) is 30.1 Å². The van der Waals surface area contributed by atoms with Gasteiger partial charge in [0.2, 0.25) is 5.91 Å². The second kappa shape index (κ2) is 8.74. The van der Waals surface area contributed by atoms with Crippen molar-refractivity contribution in [2.75, 3.05) is 26.2 Å². The van der Waals surface area contributed by atoms with Crippen LogP contribution < -0.4 is 16.2 Å². The van der Waals surface area contributed by atoms with E-state index in [4.69, 9.17) is 0 Å². The first-order valence-corrected chi connectivity index (χ1v) is 9.54. The predicted molar refractivity (Wildman–Crippen MR) is 98.7 cm³/mol. The van der Waals surface area contributed by atoms with Gasteiger partial charge < -0.3 is 10.2 Å². The molecular formula is C19H31N5O. The Morgan fingerprint density at radius 1 is 1.24 bits per heavy atom. The first kappa shape index (κ1) is 18.3. The fourth-order valence-electron chi connectivity index (χ4n) is 4.12. The first-order valence-electron chi connectivity index (χ1n) is 9.54. The van der Waals surface area contributed by atoms with Crippen LogP contribution in [0.1, 0.15) is 44.8 Å². The van der Waals surface area contributed by atoms with E-state index in [0.717, 1.165) is 43.5 Å². The summed E-state index contributed by atoms with van der Waals surface area (Å²) in [4.78, 5) is 19.2. The standard InChI is InChI=1S/C19H31N5O/c1-14-10-15(2)13-24(12-14)9-5-8-21-19(25)18-11-17(22-23-18)16-6-3-4-7-20-16/h3-4,6-7,14-15,17-18,22-23H,5,8-13H2,1-2H3,(H,21,25). The molecule has 2 fully saturated rings. The quantitative estimate of drug-likeness (QED) is 0.681. The summed E-state index contributed by atoms with van der Waals surface area (Å²) in [7, 11) is 0. The van der Waals surface area contributed by atoms with E-state index in [9.17, 15) is 4.79 Å². The van der Waals surface area contributed by atoms with Crippen LogP contribution in [0.3, 0.4) is 0 Å². The maximum Gasteiger partial charge on any atom is 0.238 e. The topological polar surface area (TPSA) is 69.3 Å². The van der Waals surface area contributed by atoms with Gasteiger partial charge in [0.15, 0.2) is 0 Å². The number of hydrogen-bond donors (Lipinski definition) is 3. The number of pyridine rings is 1. The van der Waals surface area contributed by atoms with Crippen molar-refractivity contribution >= 4 is 5.91 Å². The Morgan fingerprint density at radius 2 is 2.04 bits per heavy atom. The molecule has 3 N–H and O–H groups in total. The van der Waals surface area contributed by atoms with Crippen molar-refractivity contribution in [1.82, 2.24) is 26.1 Å². The van der Waals surface area contributed by atoms with Crippen LogP contribution in [-0.4, -0.2) is 48.0 Å². The molecule has 3 heterocycles. The summed E-state index contributed by atoms with van der Waals surface area (Å²) >= 11 is 0. The second-order valence-electron chi connectivity index (χ2n) is 7.73. The molecule has 4 unspecified atom stereocenters. The van der Waals surface area contributed by atoms with Gasteiger partial charge in [0.05, 0.1) is 11.7 Å². The zero-order valence-electron chi connectivity index (χ0n) is 15.4. The van der Waals surface area contributed by atoms with Gasteiger partial charge in [-0.05, 0) is 49.8 Å². The van der Waals surface area contributed by atoms with Gasteiger partial charge in [0.1, 0.15) is 6.04 Å². The lowest BCUT2D eigenvalue weighted by Crippen LogP contribution is -2.44. The molecule has 1 aromatic heterocycles. The van der Waals surface area contributed by atoms with Crippen LogP contribution in [0.4, 0.5) is 0 Å².